The van der Waals surface area contributed by atoms with E-state index in [0.29, 0.717) is 39.4 Å². The molecule has 0 aliphatic carbocycles. The topological polar surface area (TPSA) is 103 Å². The second-order valence-corrected chi connectivity index (χ2v) is 8.71. The van der Waals surface area contributed by atoms with Gasteiger partial charge in [0.1, 0.15) is 6.61 Å². The van der Waals surface area contributed by atoms with E-state index >= 15 is 0 Å². The number of rotatable bonds is 7. The zero-order valence-electron chi connectivity index (χ0n) is 17.8. The van der Waals surface area contributed by atoms with E-state index in [0.717, 1.165) is 0 Å². The van der Waals surface area contributed by atoms with Gasteiger partial charge in [-0.25, -0.2) is 0 Å². The molecule has 168 valence electrons. The number of carbonyl (C=O) groups is 1. The molecule has 1 spiro atoms. The number of amides is 1. The highest BCUT2D eigenvalue weighted by Gasteiger charge is 2.67. The van der Waals surface area contributed by atoms with Gasteiger partial charge in [0, 0.05) is 22.2 Å². The summed E-state index contributed by atoms with van der Waals surface area (Å²) >= 11 is 3.53. The Morgan fingerprint density at radius 2 is 2.06 bits per heavy atom. The van der Waals surface area contributed by atoms with Crippen LogP contribution in [0.2, 0.25) is 0 Å². The smallest absolute Gasteiger partial charge is 0.256 e. The Balaban J connectivity index is 1.85. The highest BCUT2D eigenvalue weighted by Crippen LogP contribution is 2.51. The number of carbonyl (C=O) groups excluding carboxylic acids is 1. The van der Waals surface area contributed by atoms with Crippen molar-refractivity contribution < 1.29 is 19.2 Å². The molecule has 0 unspecified atom stereocenters. The molecule has 2 N–H and O–H groups in total. The molecule has 0 radical (unpaired) electrons. The summed E-state index contributed by atoms with van der Waals surface area (Å²) in [5, 5.41) is 18.6. The van der Waals surface area contributed by atoms with Crippen LogP contribution in [0.25, 0.3) is 0 Å². The van der Waals surface area contributed by atoms with E-state index in [4.69, 9.17) is 9.47 Å². The summed E-state index contributed by atoms with van der Waals surface area (Å²) in [5.41, 5.74) is 0.410. The Kier molecular flexibility index (Phi) is 5.96. The molecular formula is C23H24BrN3O5. The van der Waals surface area contributed by atoms with Gasteiger partial charge in [-0.3, -0.25) is 20.2 Å². The number of benzene rings is 2. The largest absolute Gasteiger partial charge is 0.490 e. The minimum absolute atomic E-state index is 0.289. The summed E-state index contributed by atoms with van der Waals surface area (Å²) < 4.78 is 12.1. The molecule has 2 aromatic carbocycles. The van der Waals surface area contributed by atoms with Crippen molar-refractivity contribution in [2.75, 3.05) is 18.5 Å². The van der Waals surface area contributed by atoms with Gasteiger partial charge < -0.3 is 14.8 Å². The second-order valence-electron chi connectivity index (χ2n) is 7.86. The summed E-state index contributed by atoms with van der Waals surface area (Å²) in [7, 11) is 0. The van der Waals surface area contributed by atoms with Gasteiger partial charge in [-0.1, -0.05) is 30.9 Å². The second kappa shape index (κ2) is 8.55. The van der Waals surface area contributed by atoms with Gasteiger partial charge >= 0.3 is 0 Å². The number of hydrogen-bond donors (Lipinski definition) is 2. The molecule has 0 bridgehead atoms. The van der Waals surface area contributed by atoms with Gasteiger partial charge in [-0.05, 0) is 53.5 Å². The molecule has 1 fully saturated rings. The summed E-state index contributed by atoms with van der Waals surface area (Å²) in [6.07, 6.45) is 1.63. The molecule has 2 aromatic rings. The fraction of sp³-hybridized carbons (Fsp3) is 0.348. The first kappa shape index (κ1) is 22.3. The van der Waals surface area contributed by atoms with Crippen molar-refractivity contribution in [1.29, 1.82) is 0 Å². The van der Waals surface area contributed by atoms with Crippen LogP contribution >= 0.6 is 15.9 Å². The molecule has 9 heteroatoms. The third kappa shape index (κ3) is 3.36. The molecule has 32 heavy (non-hydrogen) atoms. The van der Waals surface area contributed by atoms with Gasteiger partial charge in [0.25, 0.3) is 11.9 Å². The van der Waals surface area contributed by atoms with Crippen molar-refractivity contribution in [3.05, 3.63) is 74.8 Å². The van der Waals surface area contributed by atoms with Crippen molar-refractivity contribution in [1.82, 2.24) is 5.32 Å². The van der Waals surface area contributed by atoms with E-state index in [1.807, 2.05) is 13.8 Å². The fourth-order valence-electron chi connectivity index (χ4n) is 4.88. The van der Waals surface area contributed by atoms with Crippen LogP contribution in [0.3, 0.4) is 0 Å². The van der Waals surface area contributed by atoms with Crippen molar-refractivity contribution in [2.45, 2.75) is 37.4 Å². The zero-order valence-corrected chi connectivity index (χ0v) is 19.3. The third-order valence-corrected chi connectivity index (χ3v) is 6.61. The van der Waals surface area contributed by atoms with Gasteiger partial charge in [0.15, 0.2) is 17.0 Å². The monoisotopic (exact) mass is 501 g/mol. The summed E-state index contributed by atoms with van der Waals surface area (Å²) in [6, 6.07) is 9.09. The summed E-state index contributed by atoms with van der Waals surface area (Å²) in [6.45, 7) is 8.07. The van der Waals surface area contributed by atoms with E-state index < -0.39 is 23.4 Å². The van der Waals surface area contributed by atoms with E-state index in [-0.39, 0.29) is 17.6 Å². The van der Waals surface area contributed by atoms with Crippen molar-refractivity contribution in [2.24, 2.45) is 0 Å². The van der Waals surface area contributed by atoms with Gasteiger partial charge in [-0.2, -0.15) is 0 Å². The van der Waals surface area contributed by atoms with Crippen LogP contribution in [0.15, 0.2) is 53.5 Å². The number of nitrogens with one attached hydrogen (secondary N) is 2. The highest BCUT2D eigenvalue weighted by atomic mass is 79.9. The Labute approximate surface area is 194 Å². The molecule has 4 rings (SSSR count). The Morgan fingerprint density at radius 3 is 2.75 bits per heavy atom. The predicted molar refractivity (Wildman–Crippen MR) is 124 cm³/mol. The lowest BCUT2D eigenvalue weighted by Gasteiger charge is -2.25. The van der Waals surface area contributed by atoms with Gasteiger partial charge in [0.05, 0.1) is 17.0 Å². The molecule has 2 aliphatic rings. The van der Waals surface area contributed by atoms with Crippen LogP contribution < -0.4 is 20.1 Å². The van der Waals surface area contributed by atoms with Crippen LogP contribution in [0.1, 0.15) is 30.9 Å². The van der Waals surface area contributed by atoms with E-state index in [1.165, 1.54) is 0 Å². The minimum Gasteiger partial charge on any atom is -0.490 e. The number of para-hydroxylation sites is 1. The standard InChI is InChI=1S/C23H24BrN3O5/c1-4-10-32-20-16(24)11-14(12-18(20)31-5-2)19-13(3)26-23(21(19)27(29)30)15-8-6-7-9-17(15)25-22(23)28/h4,6-9,11-13,19,21,26H,1,5,10H2,2-3H3,(H,25,28)/t13-,19-,21+,23-/m0/s1. The van der Waals surface area contributed by atoms with Crippen LogP contribution in [-0.4, -0.2) is 36.1 Å². The molecule has 1 amide bonds. The molecule has 2 aliphatic heterocycles. The van der Waals surface area contributed by atoms with Crippen LogP contribution in [0.4, 0.5) is 5.69 Å². The number of anilines is 1. The molecule has 2 heterocycles. The molecule has 0 saturated carbocycles. The number of nitro groups is 1. The maximum absolute atomic E-state index is 13.2. The fourth-order valence-corrected chi connectivity index (χ4v) is 5.45. The number of hydrogen-bond acceptors (Lipinski definition) is 6. The van der Waals surface area contributed by atoms with E-state index in [2.05, 4.69) is 33.1 Å². The number of ether oxygens (including phenoxy) is 2. The van der Waals surface area contributed by atoms with E-state index in [1.54, 1.807) is 42.5 Å². The average molecular weight is 502 g/mol. The molecule has 4 atom stereocenters. The lowest BCUT2D eigenvalue weighted by molar-refractivity contribution is -0.532. The predicted octanol–water partition coefficient (Wildman–Crippen LogP) is 3.98. The Bertz CT molecular complexity index is 1090. The number of fused-ring (bicyclic) bond motifs is 2. The average Bonchev–Trinajstić information content (AvgIpc) is 3.22. The maximum atomic E-state index is 13.2. The Morgan fingerprint density at radius 1 is 1.31 bits per heavy atom. The van der Waals surface area contributed by atoms with Crippen LogP contribution in [0, 0.1) is 10.1 Å². The molecule has 0 aromatic heterocycles. The van der Waals surface area contributed by atoms with E-state index in [9.17, 15) is 14.9 Å². The molecular weight excluding hydrogens is 478 g/mol. The van der Waals surface area contributed by atoms with Gasteiger partial charge in [0.2, 0.25) is 0 Å². The lowest BCUT2D eigenvalue weighted by Crippen LogP contribution is -2.54. The van der Waals surface area contributed by atoms with Crippen molar-refractivity contribution >= 4 is 27.5 Å². The quantitative estimate of drug-likeness (QED) is 0.338. The van der Waals surface area contributed by atoms with Crippen molar-refractivity contribution in [3.63, 3.8) is 0 Å². The van der Waals surface area contributed by atoms with Crippen molar-refractivity contribution in [3.8, 4) is 11.5 Å². The zero-order chi connectivity index (χ0) is 23.0. The van der Waals surface area contributed by atoms with Crippen LogP contribution in [-0.2, 0) is 10.3 Å². The lowest BCUT2D eigenvalue weighted by atomic mass is 9.78. The first-order valence-electron chi connectivity index (χ1n) is 10.4. The number of halogens is 1. The summed E-state index contributed by atoms with van der Waals surface area (Å²) in [4.78, 5) is 25.3. The number of nitrogens with zero attached hydrogens (tertiary/aromatic N) is 1. The SMILES string of the molecule is C=CCOc1c(Br)cc([C@@H]2[C@H](C)N[C@]3(C(=O)Nc4ccccc43)[C@@H]2[N+](=O)[O-])cc1OCC. The summed E-state index contributed by atoms with van der Waals surface area (Å²) in [5.74, 6) is -0.0219. The van der Waals surface area contributed by atoms with Gasteiger partial charge in [-0.15, -0.1) is 0 Å². The van der Waals surface area contributed by atoms with Crippen LogP contribution in [0.5, 0.6) is 11.5 Å². The normalized spacial score (nSPS) is 26.0. The first-order valence-corrected chi connectivity index (χ1v) is 11.2. The minimum atomic E-state index is -1.46. The highest BCUT2D eigenvalue weighted by molar-refractivity contribution is 9.10. The first-order chi connectivity index (χ1) is 15.3. The third-order valence-electron chi connectivity index (χ3n) is 6.03. The molecule has 1 saturated heterocycles. The maximum Gasteiger partial charge on any atom is 0.256 e. The Hall–Kier alpha value is -2.91. The molecule has 8 nitrogen and oxygen atoms in total.